The summed E-state index contributed by atoms with van der Waals surface area (Å²) in [7, 11) is 1.29. The highest BCUT2D eigenvalue weighted by atomic mass is 16.5. The first-order valence-corrected chi connectivity index (χ1v) is 8.59. The van der Waals surface area contributed by atoms with Crippen molar-refractivity contribution in [3.63, 3.8) is 0 Å². The van der Waals surface area contributed by atoms with E-state index in [0.717, 1.165) is 5.56 Å². The van der Waals surface area contributed by atoms with Crippen LogP contribution in [0.2, 0.25) is 0 Å². The molecule has 1 saturated heterocycles. The van der Waals surface area contributed by atoms with E-state index in [2.05, 4.69) is 0 Å². The number of ether oxygens (including phenoxy) is 1. The lowest BCUT2D eigenvalue weighted by atomic mass is 9.86. The van der Waals surface area contributed by atoms with Crippen LogP contribution >= 0.6 is 0 Å². The Balaban J connectivity index is 1.84. The summed E-state index contributed by atoms with van der Waals surface area (Å²) in [6, 6.07) is 18.5. The maximum Gasteiger partial charge on any atom is 0.306 e. The summed E-state index contributed by atoms with van der Waals surface area (Å²) in [5.74, 6) is -1.99. The minimum absolute atomic E-state index is 0.0795. The van der Waals surface area contributed by atoms with E-state index in [4.69, 9.17) is 4.74 Å². The molecule has 0 unspecified atom stereocenters. The topological polar surface area (TPSA) is 63.7 Å². The van der Waals surface area contributed by atoms with E-state index in [1.54, 1.807) is 29.2 Å². The van der Waals surface area contributed by atoms with E-state index in [1.165, 1.54) is 7.11 Å². The van der Waals surface area contributed by atoms with Crippen LogP contribution in [0.5, 0.6) is 0 Å². The monoisotopic (exact) mass is 351 g/mol. The molecule has 2 aromatic rings. The Hall–Kier alpha value is -2.95. The van der Waals surface area contributed by atoms with Gasteiger partial charge in [-0.25, -0.2) is 0 Å². The fraction of sp³-hybridized carbons (Fsp3) is 0.286. The van der Waals surface area contributed by atoms with Gasteiger partial charge in [0, 0.05) is 18.7 Å². The third-order valence-corrected chi connectivity index (χ3v) is 4.76. The summed E-state index contributed by atoms with van der Waals surface area (Å²) in [6.45, 7) is 0.735. The Labute approximate surface area is 152 Å². The fourth-order valence-corrected chi connectivity index (χ4v) is 3.38. The molecule has 1 aliphatic rings. The van der Waals surface area contributed by atoms with Gasteiger partial charge in [0.15, 0.2) is 5.78 Å². The molecular weight excluding hydrogens is 330 g/mol. The number of nitrogens with zero attached hydrogens (tertiary/aromatic N) is 1. The van der Waals surface area contributed by atoms with E-state index in [1.807, 2.05) is 36.4 Å². The minimum Gasteiger partial charge on any atom is -0.469 e. The fourth-order valence-electron chi connectivity index (χ4n) is 3.38. The van der Waals surface area contributed by atoms with Crippen molar-refractivity contribution in [3.05, 3.63) is 71.8 Å². The average Bonchev–Trinajstić information content (AvgIpc) is 2.98. The van der Waals surface area contributed by atoms with Gasteiger partial charge in [0.05, 0.1) is 25.4 Å². The second-order valence-electron chi connectivity index (χ2n) is 6.43. The van der Waals surface area contributed by atoms with Gasteiger partial charge in [0.25, 0.3) is 0 Å². The van der Waals surface area contributed by atoms with Crippen LogP contribution in [-0.2, 0) is 20.9 Å². The third kappa shape index (κ3) is 3.82. The Bertz CT molecular complexity index is 788. The van der Waals surface area contributed by atoms with E-state index >= 15 is 0 Å². The predicted octanol–water partition coefficient (Wildman–Crippen LogP) is 2.71. The first-order chi connectivity index (χ1) is 12.6. The molecule has 0 aliphatic carbocycles. The first kappa shape index (κ1) is 17.9. The van der Waals surface area contributed by atoms with Crippen LogP contribution in [0.15, 0.2) is 60.7 Å². The summed E-state index contributed by atoms with van der Waals surface area (Å²) in [6.07, 6.45) is -0.0795. The SMILES string of the molecule is COC(=O)C[C@@H]1C(=O)N(Cc2ccccc2)C[C@H]1C(=O)c1ccccc1. The maximum absolute atomic E-state index is 12.9. The number of Topliss-reactive ketones (excluding diaryl/α,β-unsaturated/α-hetero) is 1. The smallest absolute Gasteiger partial charge is 0.306 e. The number of hydrogen-bond donors (Lipinski definition) is 0. The Morgan fingerprint density at radius 3 is 2.27 bits per heavy atom. The van der Waals surface area contributed by atoms with E-state index in [0.29, 0.717) is 18.7 Å². The Kier molecular flexibility index (Phi) is 5.46. The van der Waals surface area contributed by atoms with Crippen LogP contribution in [-0.4, -0.2) is 36.2 Å². The van der Waals surface area contributed by atoms with Crippen molar-refractivity contribution >= 4 is 17.7 Å². The zero-order valence-electron chi connectivity index (χ0n) is 14.6. The zero-order chi connectivity index (χ0) is 18.5. The van der Waals surface area contributed by atoms with Crippen molar-refractivity contribution in [2.75, 3.05) is 13.7 Å². The van der Waals surface area contributed by atoms with Crippen LogP contribution in [0.4, 0.5) is 0 Å². The number of esters is 1. The molecule has 0 N–H and O–H groups in total. The largest absolute Gasteiger partial charge is 0.469 e. The number of carbonyl (C=O) groups is 3. The highest BCUT2D eigenvalue weighted by molar-refractivity contribution is 6.03. The first-order valence-electron chi connectivity index (χ1n) is 8.59. The molecule has 0 radical (unpaired) electrons. The molecule has 26 heavy (non-hydrogen) atoms. The molecule has 1 amide bonds. The van der Waals surface area contributed by atoms with Gasteiger partial charge in [-0.3, -0.25) is 14.4 Å². The van der Waals surface area contributed by atoms with E-state index in [-0.39, 0.29) is 18.1 Å². The van der Waals surface area contributed by atoms with Crippen molar-refractivity contribution in [2.24, 2.45) is 11.8 Å². The molecule has 3 rings (SSSR count). The van der Waals surface area contributed by atoms with Gasteiger partial charge in [-0.1, -0.05) is 60.7 Å². The number of hydrogen-bond acceptors (Lipinski definition) is 4. The second kappa shape index (κ2) is 7.95. The third-order valence-electron chi connectivity index (χ3n) is 4.76. The van der Waals surface area contributed by atoms with Crippen LogP contribution in [0, 0.1) is 11.8 Å². The number of benzene rings is 2. The average molecular weight is 351 g/mol. The molecule has 1 heterocycles. The summed E-state index contributed by atoms with van der Waals surface area (Å²) >= 11 is 0. The number of likely N-dealkylation sites (tertiary alicyclic amines) is 1. The molecular formula is C21H21NO4. The molecule has 5 nitrogen and oxygen atoms in total. The van der Waals surface area contributed by atoms with Gasteiger partial charge in [0.2, 0.25) is 5.91 Å². The lowest BCUT2D eigenvalue weighted by Crippen LogP contribution is -2.28. The van der Waals surface area contributed by atoms with Crippen LogP contribution < -0.4 is 0 Å². The van der Waals surface area contributed by atoms with Gasteiger partial charge < -0.3 is 9.64 Å². The molecule has 0 spiro atoms. The summed E-state index contributed by atoms with van der Waals surface area (Å²) in [5, 5.41) is 0. The van der Waals surface area contributed by atoms with E-state index < -0.39 is 17.8 Å². The molecule has 0 bridgehead atoms. The predicted molar refractivity (Wildman–Crippen MR) is 96.2 cm³/mol. The Morgan fingerprint density at radius 1 is 1.04 bits per heavy atom. The molecule has 0 saturated carbocycles. The maximum atomic E-state index is 12.9. The zero-order valence-corrected chi connectivity index (χ0v) is 14.6. The molecule has 1 aliphatic heterocycles. The Morgan fingerprint density at radius 2 is 1.65 bits per heavy atom. The van der Waals surface area contributed by atoms with E-state index in [9.17, 15) is 14.4 Å². The molecule has 2 atom stereocenters. The lowest BCUT2D eigenvalue weighted by Gasteiger charge is -2.16. The minimum atomic E-state index is -0.682. The van der Waals surface area contributed by atoms with Crippen molar-refractivity contribution in [3.8, 4) is 0 Å². The highest BCUT2D eigenvalue weighted by Crippen LogP contribution is 2.32. The summed E-state index contributed by atoms with van der Waals surface area (Å²) < 4.78 is 4.73. The van der Waals surface area contributed by atoms with Gasteiger partial charge in [-0.05, 0) is 5.56 Å². The standard InChI is InChI=1S/C21H21NO4/c1-26-19(23)12-17-18(20(24)16-10-6-3-7-11-16)14-22(21(17)25)13-15-8-4-2-5-9-15/h2-11,17-18H,12-14H2,1H3/t17-,18+/m0/s1. The van der Waals surface area contributed by atoms with Gasteiger partial charge >= 0.3 is 5.97 Å². The molecule has 134 valence electrons. The second-order valence-corrected chi connectivity index (χ2v) is 6.43. The molecule has 0 aromatic heterocycles. The molecule has 1 fully saturated rings. The highest BCUT2D eigenvalue weighted by Gasteiger charge is 2.45. The number of carbonyl (C=O) groups excluding carboxylic acids is 3. The van der Waals surface area contributed by atoms with Crippen molar-refractivity contribution < 1.29 is 19.1 Å². The van der Waals surface area contributed by atoms with Crippen molar-refractivity contribution in [1.29, 1.82) is 0 Å². The number of amides is 1. The summed E-state index contributed by atoms with van der Waals surface area (Å²) in [4.78, 5) is 39.3. The number of ketones is 1. The normalized spacial score (nSPS) is 19.4. The van der Waals surface area contributed by atoms with Gasteiger partial charge in [0.1, 0.15) is 0 Å². The van der Waals surface area contributed by atoms with Crippen LogP contribution in [0.25, 0.3) is 0 Å². The van der Waals surface area contributed by atoms with Gasteiger partial charge in [-0.2, -0.15) is 0 Å². The van der Waals surface area contributed by atoms with Crippen molar-refractivity contribution in [2.45, 2.75) is 13.0 Å². The van der Waals surface area contributed by atoms with Gasteiger partial charge in [-0.15, -0.1) is 0 Å². The van der Waals surface area contributed by atoms with Crippen molar-refractivity contribution in [1.82, 2.24) is 4.90 Å². The summed E-state index contributed by atoms with van der Waals surface area (Å²) in [5.41, 5.74) is 1.55. The lowest BCUT2D eigenvalue weighted by molar-refractivity contribution is -0.145. The van der Waals surface area contributed by atoms with Crippen LogP contribution in [0.3, 0.4) is 0 Å². The molecule has 5 heteroatoms. The number of rotatable bonds is 6. The molecule has 2 aromatic carbocycles. The van der Waals surface area contributed by atoms with Crippen LogP contribution in [0.1, 0.15) is 22.3 Å². The quantitative estimate of drug-likeness (QED) is 0.593. The number of methoxy groups -OCH3 is 1.